The molecule has 0 aliphatic rings. The van der Waals surface area contributed by atoms with Gasteiger partial charge in [-0.2, -0.15) is 9.55 Å². The van der Waals surface area contributed by atoms with E-state index >= 15 is 0 Å². The molecule has 6 aromatic carbocycles. The van der Waals surface area contributed by atoms with E-state index in [9.17, 15) is 10.2 Å². The molecule has 4 nitrogen and oxygen atoms in total. The second-order valence-electron chi connectivity index (χ2n) is 9.88. The zero-order valence-electron chi connectivity index (χ0n) is 22.8. The Hall–Kier alpha value is -4.61. The smallest absolute Gasteiger partial charge is 0.872 e. The summed E-state index contributed by atoms with van der Waals surface area (Å²) in [5.74, 6) is 0.141. The van der Waals surface area contributed by atoms with E-state index in [2.05, 4.69) is 27.8 Å². The number of aryl methyl sites for hydroxylation is 1. The summed E-state index contributed by atoms with van der Waals surface area (Å²) in [5.41, 5.74) is 3.74. The van der Waals surface area contributed by atoms with Gasteiger partial charge in [0.15, 0.2) is 0 Å². The summed E-state index contributed by atoms with van der Waals surface area (Å²) in [5, 5.41) is 30.9. The van der Waals surface area contributed by atoms with Gasteiger partial charge in [-0.25, -0.2) is 0 Å². The van der Waals surface area contributed by atoms with Crippen LogP contribution >= 0.6 is 22.7 Å². The van der Waals surface area contributed by atoms with Gasteiger partial charge in [-0.1, -0.05) is 119 Å². The molecule has 0 atom stereocenters. The Balaban J connectivity index is 0.000000147. The summed E-state index contributed by atoms with van der Waals surface area (Å²) in [6.07, 6.45) is 0. The van der Waals surface area contributed by atoms with Gasteiger partial charge in [0.1, 0.15) is 16.4 Å². The van der Waals surface area contributed by atoms with E-state index in [0.717, 1.165) is 58.4 Å². The first-order chi connectivity index (χ1) is 20.0. The third-order valence-corrected chi connectivity index (χ3v) is 9.61. The standard InChI is InChI=1S/C18H13NOS.C17H11NOS.Be/c1-19-15-8-4-5-9-17(15)21-18(19)14-10-12-6-2-3-7-13(12)11-16(14)20;19-15-10-12-6-2-1-5-11(12)9-13(15)17-18-14-7-3-4-8-16(14)20-17;/h2-11H,1H3;1-10,19H;/q;;+2. The van der Waals surface area contributed by atoms with Gasteiger partial charge >= 0.3 is 10.1 Å². The van der Waals surface area contributed by atoms with Crippen LogP contribution in [-0.2, 0) is 7.05 Å². The number of aromatic amines is 1. The Labute approximate surface area is 254 Å². The van der Waals surface area contributed by atoms with E-state index in [1.165, 1.54) is 4.70 Å². The van der Waals surface area contributed by atoms with Crippen molar-refractivity contribution in [2.45, 2.75) is 0 Å². The van der Waals surface area contributed by atoms with E-state index in [1.54, 1.807) is 34.8 Å². The average molecular weight is 578 g/mol. The van der Waals surface area contributed by atoms with Crippen LogP contribution in [0.3, 0.4) is 0 Å². The molecule has 0 amide bonds. The molecule has 8 rings (SSSR count). The predicted molar refractivity (Wildman–Crippen MR) is 172 cm³/mol. The molecule has 2 aromatic heterocycles. The van der Waals surface area contributed by atoms with Crippen LogP contribution < -0.4 is 19.8 Å². The first kappa shape index (κ1) is 27.6. The zero-order chi connectivity index (χ0) is 27.9. The minimum atomic E-state index is 0. The topological polar surface area (TPSA) is 64.1 Å². The quantitative estimate of drug-likeness (QED) is 0.167. The third kappa shape index (κ3) is 5.01. The van der Waals surface area contributed by atoms with Crippen LogP contribution in [0.25, 0.3) is 63.1 Å². The Bertz CT molecular complexity index is 2190. The molecule has 0 bridgehead atoms. The van der Waals surface area contributed by atoms with Crippen LogP contribution in [-0.4, -0.2) is 10.1 Å². The monoisotopic (exact) mass is 577 g/mol. The maximum atomic E-state index is 12.5. The van der Waals surface area contributed by atoms with E-state index in [4.69, 9.17) is 0 Å². The first-order valence-electron chi connectivity index (χ1n) is 13.2. The fourth-order valence-electron chi connectivity index (χ4n) is 5.16. The SMILES string of the molecule is C[n+]1c(-c2cc3ccccc3cc2[O-])sc2ccccc21.[Be+2].[O-]c1cc2ccccc2cc1-c1[nH+]c2ccccc2s1. The third-order valence-electron chi connectivity index (χ3n) is 7.26. The molecule has 0 saturated heterocycles. The van der Waals surface area contributed by atoms with Crippen LogP contribution in [0.1, 0.15) is 0 Å². The van der Waals surface area contributed by atoms with Gasteiger partial charge in [0.05, 0.1) is 11.1 Å². The fraction of sp³-hybridized carbons (Fsp3) is 0.0286. The van der Waals surface area contributed by atoms with Gasteiger partial charge in [-0.15, -0.1) is 0 Å². The van der Waals surface area contributed by atoms with Crippen molar-refractivity contribution in [1.29, 1.82) is 0 Å². The minimum absolute atomic E-state index is 0. The van der Waals surface area contributed by atoms with E-state index < -0.39 is 0 Å². The average Bonchev–Trinajstić information content (AvgIpc) is 3.58. The molecular formula is C35H24BeN2O2S2+2. The van der Waals surface area contributed by atoms with E-state index in [-0.39, 0.29) is 21.6 Å². The number of nitrogens with zero attached hydrogens (tertiary/aromatic N) is 1. The maximum absolute atomic E-state index is 12.5. The largest absolute Gasteiger partial charge is 2.00 e. The number of thiazole rings is 2. The number of benzene rings is 6. The second-order valence-corrected chi connectivity index (χ2v) is 12.0. The van der Waals surface area contributed by atoms with Crippen molar-refractivity contribution in [3.05, 3.63) is 121 Å². The van der Waals surface area contributed by atoms with Crippen LogP contribution in [0.4, 0.5) is 0 Å². The van der Waals surface area contributed by atoms with Crippen molar-refractivity contribution in [3.63, 3.8) is 0 Å². The predicted octanol–water partition coefficient (Wildman–Crippen LogP) is 6.85. The van der Waals surface area contributed by atoms with Crippen molar-refractivity contribution in [2.24, 2.45) is 7.05 Å². The van der Waals surface area contributed by atoms with E-state index in [1.807, 2.05) is 98.0 Å². The molecule has 0 radical (unpaired) electrons. The van der Waals surface area contributed by atoms with Crippen LogP contribution in [0.15, 0.2) is 121 Å². The van der Waals surface area contributed by atoms with Crippen LogP contribution in [0.2, 0.25) is 0 Å². The number of hydrogen-bond donors (Lipinski definition) is 0. The molecule has 42 heavy (non-hydrogen) atoms. The zero-order valence-corrected chi connectivity index (χ0v) is 24.5. The van der Waals surface area contributed by atoms with Crippen molar-refractivity contribution in [1.82, 2.24) is 0 Å². The Morgan fingerprint density at radius 3 is 1.69 bits per heavy atom. The molecule has 0 fully saturated rings. The molecule has 8 aromatic rings. The summed E-state index contributed by atoms with van der Waals surface area (Å²) in [6, 6.07) is 39.7. The molecule has 0 spiro atoms. The van der Waals surface area contributed by atoms with Gasteiger partial charge in [-0.3, -0.25) is 0 Å². The molecule has 198 valence electrons. The van der Waals surface area contributed by atoms with Gasteiger partial charge in [-0.05, 0) is 45.8 Å². The molecule has 7 heteroatoms. The second kappa shape index (κ2) is 11.3. The molecule has 2 heterocycles. The van der Waals surface area contributed by atoms with Crippen molar-refractivity contribution in [3.8, 4) is 32.6 Å². The number of aromatic nitrogens is 2. The molecule has 1 N–H and O–H groups in total. The number of hydrogen-bond acceptors (Lipinski definition) is 4. The number of nitrogens with one attached hydrogen (secondary N) is 1. The number of fused-ring (bicyclic) bond motifs is 4. The van der Waals surface area contributed by atoms with Gasteiger partial charge in [0.25, 0.3) is 10.0 Å². The van der Waals surface area contributed by atoms with Gasteiger partial charge in [0, 0.05) is 12.1 Å². The summed E-state index contributed by atoms with van der Waals surface area (Å²) in [6.45, 7) is 0. The van der Waals surface area contributed by atoms with E-state index in [0.29, 0.717) is 0 Å². The van der Waals surface area contributed by atoms with Gasteiger partial charge in [0.2, 0.25) is 11.0 Å². The maximum Gasteiger partial charge on any atom is 2.00 e. The molecule has 0 aliphatic heterocycles. The Kier molecular flexibility index (Phi) is 7.44. The minimum Gasteiger partial charge on any atom is -0.872 e. The molecular weight excluding hydrogens is 554 g/mol. The summed E-state index contributed by atoms with van der Waals surface area (Å²) in [4.78, 5) is 3.34. The number of rotatable bonds is 2. The normalized spacial score (nSPS) is 11.0. The summed E-state index contributed by atoms with van der Waals surface area (Å²) >= 11 is 3.28. The number of para-hydroxylation sites is 2. The van der Waals surface area contributed by atoms with Crippen molar-refractivity contribution >= 4 is 74.8 Å². The van der Waals surface area contributed by atoms with Gasteiger partial charge < -0.3 is 10.2 Å². The first-order valence-corrected chi connectivity index (χ1v) is 14.9. The molecule has 0 unspecified atom stereocenters. The van der Waals surface area contributed by atoms with Crippen molar-refractivity contribution in [2.75, 3.05) is 0 Å². The molecule has 0 saturated carbocycles. The van der Waals surface area contributed by atoms with Crippen LogP contribution in [0.5, 0.6) is 11.5 Å². The van der Waals surface area contributed by atoms with Crippen molar-refractivity contribution < 1.29 is 19.8 Å². The van der Waals surface area contributed by atoms with Crippen LogP contribution in [0, 0.1) is 0 Å². The number of H-pyrrole nitrogens is 1. The molecule has 0 aliphatic carbocycles. The Morgan fingerprint density at radius 2 is 1.07 bits per heavy atom. The fourth-order valence-corrected chi connectivity index (χ4v) is 7.36. The summed E-state index contributed by atoms with van der Waals surface area (Å²) in [7, 11) is 2.02. The Morgan fingerprint density at radius 1 is 0.571 bits per heavy atom. The summed E-state index contributed by atoms with van der Waals surface area (Å²) < 4.78 is 4.46.